The molecule has 0 saturated carbocycles. The van der Waals surface area contributed by atoms with Gasteiger partial charge in [-0.15, -0.1) is 0 Å². The van der Waals surface area contributed by atoms with Crippen molar-refractivity contribution in [1.29, 1.82) is 0 Å². The van der Waals surface area contributed by atoms with Gasteiger partial charge in [0.2, 0.25) is 5.91 Å². The van der Waals surface area contributed by atoms with Crippen LogP contribution < -0.4 is 10.7 Å². The van der Waals surface area contributed by atoms with Crippen molar-refractivity contribution in [2.24, 2.45) is 0 Å². The number of carbonyl (C=O) groups excluding carboxylic acids is 3. The highest BCUT2D eigenvalue weighted by molar-refractivity contribution is 6.20. The van der Waals surface area contributed by atoms with Crippen molar-refractivity contribution in [1.82, 2.24) is 15.8 Å². The molecule has 6 nitrogen and oxygen atoms in total. The standard InChI is InChI=1S/C13H13N3O3/c17-11-6-5-8(15-11)7-14-16-12(18)9-3-1-2-4-10(9)13(16)19/h1-4,8,14H,5-7H2,(H,15,17)/t8-/m0/s1. The van der Waals surface area contributed by atoms with Crippen LogP contribution in [0.5, 0.6) is 0 Å². The summed E-state index contributed by atoms with van der Waals surface area (Å²) in [6.07, 6.45) is 1.21. The minimum absolute atomic E-state index is 0.00848. The molecule has 2 aliphatic rings. The van der Waals surface area contributed by atoms with E-state index in [2.05, 4.69) is 10.7 Å². The molecule has 6 heteroatoms. The van der Waals surface area contributed by atoms with Crippen molar-refractivity contribution in [3.05, 3.63) is 35.4 Å². The second-order valence-corrected chi connectivity index (χ2v) is 4.66. The third-order valence-corrected chi connectivity index (χ3v) is 3.37. The summed E-state index contributed by atoms with van der Waals surface area (Å²) in [7, 11) is 0. The zero-order valence-electron chi connectivity index (χ0n) is 10.2. The van der Waals surface area contributed by atoms with E-state index in [-0.39, 0.29) is 23.8 Å². The van der Waals surface area contributed by atoms with Gasteiger partial charge in [-0.05, 0) is 18.6 Å². The molecule has 0 spiro atoms. The summed E-state index contributed by atoms with van der Waals surface area (Å²) in [6, 6.07) is 6.69. The van der Waals surface area contributed by atoms with Crippen molar-refractivity contribution in [2.75, 3.05) is 6.54 Å². The Labute approximate surface area is 109 Å². The van der Waals surface area contributed by atoms with Crippen molar-refractivity contribution < 1.29 is 14.4 Å². The van der Waals surface area contributed by atoms with Gasteiger partial charge in [-0.2, -0.15) is 0 Å². The molecule has 3 rings (SSSR count). The second-order valence-electron chi connectivity index (χ2n) is 4.66. The van der Waals surface area contributed by atoms with Crippen LogP contribution in [0.4, 0.5) is 0 Å². The summed E-state index contributed by atoms with van der Waals surface area (Å²) in [4.78, 5) is 35.1. The smallest absolute Gasteiger partial charge is 0.276 e. The zero-order valence-corrected chi connectivity index (χ0v) is 10.2. The van der Waals surface area contributed by atoms with E-state index in [0.29, 0.717) is 24.1 Å². The van der Waals surface area contributed by atoms with Gasteiger partial charge in [-0.3, -0.25) is 14.4 Å². The topological polar surface area (TPSA) is 78.5 Å². The van der Waals surface area contributed by atoms with Crippen LogP contribution in [-0.2, 0) is 4.79 Å². The van der Waals surface area contributed by atoms with E-state index in [4.69, 9.17) is 0 Å². The van der Waals surface area contributed by atoms with Crippen LogP contribution in [0.3, 0.4) is 0 Å². The summed E-state index contributed by atoms with van der Waals surface area (Å²) in [6.45, 7) is 0.372. The van der Waals surface area contributed by atoms with Crippen LogP contribution in [0.1, 0.15) is 33.6 Å². The molecular formula is C13H13N3O3. The molecule has 1 fully saturated rings. The van der Waals surface area contributed by atoms with Gasteiger partial charge in [0, 0.05) is 19.0 Å². The maximum atomic E-state index is 12.0. The number of benzene rings is 1. The van der Waals surface area contributed by atoms with Gasteiger partial charge in [0.15, 0.2) is 0 Å². The molecule has 0 unspecified atom stereocenters. The van der Waals surface area contributed by atoms with Crippen LogP contribution in [-0.4, -0.2) is 35.3 Å². The van der Waals surface area contributed by atoms with Gasteiger partial charge >= 0.3 is 0 Å². The number of imide groups is 1. The summed E-state index contributed by atoms with van der Waals surface area (Å²) in [5, 5.41) is 3.80. The van der Waals surface area contributed by atoms with E-state index in [0.717, 1.165) is 11.4 Å². The fraction of sp³-hybridized carbons (Fsp3) is 0.308. The summed E-state index contributed by atoms with van der Waals surface area (Å²) >= 11 is 0. The van der Waals surface area contributed by atoms with Gasteiger partial charge in [0.05, 0.1) is 11.1 Å². The lowest BCUT2D eigenvalue weighted by Gasteiger charge is -2.18. The van der Waals surface area contributed by atoms with Gasteiger partial charge in [-0.1, -0.05) is 12.1 Å². The first-order chi connectivity index (χ1) is 9.16. The highest BCUT2D eigenvalue weighted by Crippen LogP contribution is 2.20. The number of nitrogens with one attached hydrogen (secondary N) is 2. The quantitative estimate of drug-likeness (QED) is 0.753. The molecular weight excluding hydrogens is 246 g/mol. The van der Waals surface area contributed by atoms with Crippen LogP contribution >= 0.6 is 0 Å². The van der Waals surface area contributed by atoms with Gasteiger partial charge in [-0.25, -0.2) is 10.4 Å². The fourth-order valence-corrected chi connectivity index (χ4v) is 2.36. The Morgan fingerprint density at radius 2 is 1.79 bits per heavy atom. The predicted molar refractivity (Wildman–Crippen MR) is 66.1 cm³/mol. The van der Waals surface area contributed by atoms with E-state index in [1.165, 1.54) is 0 Å². The summed E-state index contributed by atoms with van der Waals surface area (Å²) in [5.74, 6) is -0.677. The first kappa shape index (κ1) is 11.9. The number of rotatable bonds is 3. The van der Waals surface area contributed by atoms with Crippen molar-refractivity contribution in [2.45, 2.75) is 18.9 Å². The maximum absolute atomic E-state index is 12.0. The molecule has 98 valence electrons. The lowest BCUT2D eigenvalue weighted by atomic mass is 10.1. The first-order valence-corrected chi connectivity index (χ1v) is 6.17. The van der Waals surface area contributed by atoms with E-state index >= 15 is 0 Å². The molecule has 1 aromatic rings. The molecule has 1 atom stereocenters. The largest absolute Gasteiger partial charge is 0.352 e. The third kappa shape index (κ3) is 2.00. The Bertz CT molecular complexity index is 535. The van der Waals surface area contributed by atoms with Crippen LogP contribution in [0.25, 0.3) is 0 Å². The number of hydrogen-bond donors (Lipinski definition) is 2. The molecule has 3 amide bonds. The van der Waals surface area contributed by atoms with Gasteiger partial charge < -0.3 is 5.32 Å². The Balaban J connectivity index is 1.69. The fourth-order valence-electron chi connectivity index (χ4n) is 2.36. The molecule has 2 N–H and O–H groups in total. The SMILES string of the molecule is O=C1CC[C@@H](CNN2C(=O)c3ccccc3C2=O)N1. The first-order valence-electron chi connectivity index (χ1n) is 6.17. The highest BCUT2D eigenvalue weighted by Gasteiger charge is 2.35. The molecule has 0 bridgehead atoms. The van der Waals surface area contributed by atoms with Crippen molar-refractivity contribution in [3.63, 3.8) is 0 Å². The minimum atomic E-state index is -0.343. The third-order valence-electron chi connectivity index (χ3n) is 3.37. The molecule has 2 aliphatic heterocycles. The Kier molecular flexibility index (Phi) is 2.79. The van der Waals surface area contributed by atoms with Gasteiger partial charge in [0.1, 0.15) is 0 Å². The number of hydrogen-bond acceptors (Lipinski definition) is 4. The number of fused-ring (bicyclic) bond motifs is 1. The maximum Gasteiger partial charge on any atom is 0.276 e. The predicted octanol–water partition coefficient (Wildman–Crippen LogP) is 0.0658. The second kappa shape index (κ2) is 4.47. The van der Waals surface area contributed by atoms with E-state index in [1.807, 2.05) is 0 Å². The van der Waals surface area contributed by atoms with E-state index < -0.39 is 0 Å². The molecule has 0 aliphatic carbocycles. The van der Waals surface area contributed by atoms with Gasteiger partial charge in [0.25, 0.3) is 11.8 Å². The average molecular weight is 259 g/mol. The van der Waals surface area contributed by atoms with Crippen LogP contribution in [0, 0.1) is 0 Å². The molecule has 0 radical (unpaired) electrons. The molecule has 2 heterocycles. The summed E-state index contributed by atoms with van der Waals surface area (Å²) < 4.78 is 0. The van der Waals surface area contributed by atoms with E-state index in [1.54, 1.807) is 24.3 Å². The Morgan fingerprint density at radius 3 is 2.32 bits per heavy atom. The molecule has 19 heavy (non-hydrogen) atoms. The molecule has 0 aromatic heterocycles. The number of carbonyl (C=O) groups is 3. The van der Waals surface area contributed by atoms with Crippen LogP contribution in [0.2, 0.25) is 0 Å². The summed E-state index contributed by atoms with van der Waals surface area (Å²) in [5.41, 5.74) is 3.64. The Hall–Kier alpha value is -2.21. The number of amides is 3. The normalized spacial score (nSPS) is 21.8. The van der Waals surface area contributed by atoms with E-state index in [9.17, 15) is 14.4 Å². The van der Waals surface area contributed by atoms with Crippen molar-refractivity contribution >= 4 is 17.7 Å². The van der Waals surface area contributed by atoms with Crippen LogP contribution in [0.15, 0.2) is 24.3 Å². The number of hydrazine groups is 1. The average Bonchev–Trinajstić information content (AvgIpc) is 2.93. The Morgan fingerprint density at radius 1 is 1.16 bits per heavy atom. The lowest BCUT2D eigenvalue weighted by Crippen LogP contribution is -2.47. The lowest BCUT2D eigenvalue weighted by molar-refractivity contribution is -0.119. The highest BCUT2D eigenvalue weighted by atomic mass is 16.2. The minimum Gasteiger partial charge on any atom is -0.352 e. The zero-order chi connectivity index (χ0) is 13.4. The number of nitrogens with zero attached hydrogens (tertiary/aromatic N) is 1. The molecule has 1 saturated heterocycles. The van der Waals surface area contributed by atoms with Crippen molar-refractivity contribution in [3.8, 4) is 0 Å². The monoisotopic (exact) mass is 259 g/mol. The molecule has 1 aromatic carbocycles.